The van der Waals surface area contributed by atoms with E-state index in [0.717, 1.165) is 26.5 Å². The fourth-order valence-electron chi connectivity index (χ4n) is 4.34. The van der Waals surface area contributed by atoms with Gasteiger partial charge in [0.15, 0.2) is 5.78 Å². The second-order valence-electron chi connectivity index (χ2n) is 9.16. The van der Waals surface area contributed by atoms with E-state index in [0.29, 0.717) is 30.1 Å². The molecule has 1 heterocycles. The molecule has 37 heavy (non-hydrogen) atoms. The van der Waals surface area contributed by atoms with Crippen molar-refractivity contribution in [1.82, 2.24) is 9.88 Å². The molecule has 0 spiro atoms. The minimum absolute atomic E-state index is 0.0254. The topological polar surface area (TPSA) is 62.7 Å². The number of ether oxygens (including phenoxy) is 1. The van der Waals surface area contributed by atoms with E-state index in [1.54, 1.807) is 24.1 Å². The quantitative estimate of drug-likeness (QED) is 0.226. The van der Waals surface area contributed by atoms with E-state index in [9.17, 15) is 9.59 Å². The Morgan fingerprint density at radius 2 is 1.68 bits per heavy atom. The van der Waals surface area contributed by atoms with Crippen molar-refractivity contribution in [1.29, 1.82) is 0 Å². The summed E-state index contributed by atoms with van der Waals surface area (Å²) in [7, 11) is 5.49. The van der Waals surface area contributed by atoms with Crippen molar-refractivity contribution < 1.29 is 14.3 Å². The highest BCUT2D eigenvalue weighted by molar-refractivity contribution is 9.10. The van der Waals surface area contributed by atoms with Crippen molar-refractivity contribution in [3.8, 4) is 5.88 Å². The van der Waals surface area contributed by atoms with Crippen LogP contribution in [0.4, 0.5) is 5.69 Å². The molecule has 190 valence electrons. The van der Waals surface area contributed by atoms with E-state index < -0.39 is 6.04 Å². The van der Waals surface area contributed by atoms with E-state index in [1.807, 2.05) is 85.7 Å². The molecule has 0 saturated carbocycles. The van der Waals surface area contributed by atoms with Crippen LogP contribution in [0.5, 0.6) is 5.88 Å². The van der Waals surface area contributed by atoms with Gasteiger partial charge in [0.2, 0.25) is 11.8 Å². The standard InChI is InChI=1S/C30H30BrN3O3/c1-20(35)21-10-13-25(14-11-21)34(28(36)16-17-33(2)3)29(22-8-6-5-7-9-22)26-19-23-18-24(31)12-15-27(23)32-30(26)37-4/h5-15,18-19,29H,16-17H2,1-4H3. The molecule has 4 rings (SSSR count). The van der Waals surface area contributed by atoms with Crippen molar-refractivity contribution in [2.45, 2.75) is 19.4 Å². The van der Waals surface area contributed by atoms with Crippen molar-refractivity contribution in [3.05, 3.63) is 100 Å². The highest BCUT2D eigenvalue weighted by Gasteiger charge is 2.31. The number of fused-ring (bicyclic) bond motifs is 1. The number of hydrogen-bond donors (Lipinski definition) is 0. The number of carbonyl (C=O) groups excluding carboxylic acids is 2. The molecule has 0 aliphatic carbocycles. The summed E-state index contributed by atoms with van der Waals surface area (Å²) < 4.78 is 6.72. The van der Waals surface area contributed by atoms with E-state index >= 15 is 0 Å². The second-order valence-corrected chi connectivity index (χ2v) is 10.1. The minimum Gasteiger partial charge on any atom is -0.481 e. The third-order valence-electron chi connectivity index (χ3n) is 6.22. The smallest absolute Gasteiger partial charge is 0.229 e. The Morgan fingerprint density at radius 3 is 2.30 bits per heavy atom. The molecule has 7 heteroatoms. The molecule has 1 unspecified atom stereocenters. The Hall–Kier alpha value is -3.55. The molecular formula is C30H30BrN3O3. The van der Waals surface area contributed by atoms with Gasteiger partial charge in [-0.2, -0.15) is 0 Å². The van der Waals surface area contributed by atoms with E-state index in [2.05, 4.69) is 15.9 Å². The summed E-state index contributed by atoms with van der Waals surface area (Å²) in [5.41, 5.74) is 3.78. The van der Waals surface area contributed by atoms with Crippen LogP contribution in [-0.2, 0) is 4.79 Å². The van der Waals surface area contributed by atoms with E-state index in [-0.39, 0.29) is 11.7 Å². The molecule has 1 aromatic heterocycles. The predicted molar refractivity (Wildman–Crippen MR) is 151 cm³/mol. The van der Waals surface area contributed by atoms with Crippen LogP contribution in [0.25, 0.3) is 10.9 Å². The number of aromatic nitrogens is 1. The van der Waals surface area contributed by atoms with Gasteiger partial charge in [-0.25, -0.2) is 4.98 Å². The van der Waals surface area contributed by atoms with Gasteiger partial charge in [0, 0.05) is 39.6 Å². The molecule has 0 fully saturated rings. The number of amides is 1. The minimum atomic E-state index is -0.509. The lowest BCUT2D eigenvalue weighted by Gasteiger charge is -2.34. The van der Waals surface area contributed by atoms with Gasteiger partial charge in [-0.05, 0) is 75.1 Å². The first-order chi connectivity index (χ1) is 17.8. The summed E-state index contributed by atoms with van der Waals surface area (Å²) in [5, 5.41) is 0.929. The SMILES string of the molecule is COc1nc2ccc(Br)cc2cc1C(c1ccccc1)N(C(=O)CCN(C)C)c1ccc(C(C)=O)cc1. The number of methoxy groups -OCH3 is 1. The van der Waals surface area contributed by atoms with E-state index in [4.69, 9.17) is 9.72 Å². The van der Waals surface area contributed by atoms with Crippen LogP contribution in [0, 0.1) is 0 Å². The average Bonchev–Trinajstić information content (AvgIpc) is 2.90. The van der Waals surface area contributed by atoms with Crippen molar-refractivity contribution >= 4 is 44.2 Å². The summed E-state index contributed by atoms with van der Waals surface area (Å²) in [6.45, 7) is 2.13. The first kappa shape index (κ1) is 26.5. The molecule has 0 aliphatic rings. The zero-order valence-electron chi connectivity index (χ0n) is 21.4. The lowest BCUT2D eigenvalue weighted by Crippen LogP contribution is -2.37. The van der Waals surface area contributed by atoms with Crippen LogP contribution < -0.4 is 9.64 Å². The van der Waals surface area contributed by atoms with Gasteiger partial charge in [-0.15, -0.1) is 0 Å². The molecule has 0 aliphatic heterocycles. The molecule has 1 amide bonds. The molecule has 0 radical (unpaired) electrons. The molecule has 0 saturated heterocycles. The maximum atomic E-state index is 13.9. The molecule has 0 bridgehead atoms. The summed E-state index contributed by atoms with van der Waals surface area (Å²) in [6.07, 6.45) is 0.319. The van der Waals surface area contributed by atoms with Crippen LogP contribution in [0.3, 0.4) is 0 Å². The highest BCUT2D eigenvalue weighted by Crippen LogP contribution is 2.39. The van der Waals surface area contributed by atoms with E-state index in [1.165, 1.54) is 6.92 Å². The molecule has 3 aromatic carbocycles. The Bertz CT molecular complexity index is 1410. The Balaban J connectivity index is 1.96. The Labute approximate surface area is 226 Å². The Morgan fingerprint density at radius 1 is 0.973 bits per heavy atom. The maximum Gasteiger partial charge on any atom is 0.229 e. The first-order valence-corrected chi connectivity index (χ1v) is 12.8. The number of carbonyl (C=O) groups is 2. The summed E-state index contributed by atoms with van der Waals surface area (Å²) in [5.74, 6) is 0.381. The van der Waals surface area contributed by atoms with Crippen LogP contribution in [0.15, 0.2) is 83.3 Å². The molecule has 4 aromatic rings. The normalized spacial score (nSPS) is 11.9. The number of Topliss-reactive ketones (excluding diaryl/α,β-unsaturated/α-hetero) is 1. The number of nitrogens with zero attached hydrogens (tertiary/aromatic N) is 3. The number of halogens is 1. The van der Waals surface area contributed by atoms with Gasteiger partial charge in [-0.3, -0.25) is 9.59 Å². The summed E-state index contributed by atoms with van der Waals surface area (Å²) in [6, 6.07) is 24.5. The monoisotopic (exact) mass is 559 g/mol. The number of anilines is 1. The van der Waals surface area contributed by atoms with Crippen molar-refractivity contribution in [2.75, 3.05) is 32.6 Å². The number of ketones is 1. The fourth-order valence-corrected chi connectivity index (χ4v) is 4.72. The number of rotatable bonds is 9. The largest absolute Gasteiger partial charge is 0.481 e. The third kappa shape index (κ3) is 6.06. The van der Waals surface area contributed by atoms with Crippen LogP contribution in [0.1, 0.15) is 40.9 Å². The van der Waals surface area contributed by atoms with Gasteiger partial charge in [0.1, 0.15) is 0 Å². The maximum absolute atomic E-state index is 13.9. The third-order valence-corrected chi connectivity index (χ3v) is 6.72. The molecule has 1 atom stereocenters. The zero-order valence-corrected chi connectivity index (χ0v) is 23.0. The number of hydrogen-bond acceptors (Lipinski definition) is 5. The highest BCUT2D eigenvalue weighted by atomic mass is 79.9. The van der Waals surface area contributed by atoms with Crippen molar-refractivity contribution in [2.24, 2.45) is 0 Å². The lowest BCUT2D eigenvalue weighted by atomic mass is 9.95. The average molecular weight is 560 g/mol. The Kier molecular flexibility index (Phi) is 8.36. The zero-order chi connectivity index (χ0) is 26.5. The van der Waals surface area contributed by atoms with Gasteiger partial charge in [-0.1, -0.05) is 46.3 Å². The molecule has 0 N–H and O–H groups in total. The van der Waals surface area contributed by atoms with Crippen LogP contribution in [0.2, 0.25) is 0 Å². The summed E-state index contributed by atoms with van der Waals surface area (Å²) >= 11 is 3.56. The summed E-state index contributed by atoms with van der Waals surface area (Å²) in [4.78, 5) is 34.5. The fraction of sp³-hybridized carbons (Fsp3) is 0.233. The molecular weight excluding hydrogens is 530 g/mol. The van der Waals surface area contributed by atoms with Gasteiger partial charge < -0.3 is 14.5 Å². The van der Waals surface area contributed by atoms with Gasteiger partial charge >= 0.3 is 0 Å². The number of pyridine rings is 1. The molecule has 6 nitrogen and oxygen atoms in total. The lowest BCUT2D eigenvalue weighted by molar-refractivity contribution is -0.119. The number of benzene rings is 3. The van der Waals surface area contributed by atoms with Gasteiger partial charge in [0.25, 0.3) is 0 Å². The van der Waals surface area contributed by atoms with Crippen LogP contribution >= 0.6 is 15.9 Å². The van der Waals surface area contributed by atoms with Crippen LogP contribution in [-0.4, -0.2) is 49.3 Å². The second kappa shape index (κ2) is 11.7. The first-order valence-electron chi connectivity index (χ1n) is 12.1. The predicted octanol–water partition coefficient (Wildman–Crippen LogP) is 6.28. The van der Waals surface area contributed by atoms with Crippen molar-refractivity contribution in [3.63, 3.8) is 0 Å². The van der Waals surface area contributed by atoms with Gasteiger partial charge in [0.05, 0.1) is 18.7 Å².